The number of esters is 1. The Morgan fingerprint density at radius 3 is 2.47 bits per heavy atom. The number of nitrogens with one attached hydrogen (secondary N) is 3. The third-order valence-electron chi connectivity index (χ3n) is 4.05. The summed E-state index contributed by atoms with van der Waals surface area (Å²) in [4.78, 5) is 47.6. The van der Waals surface area contributed by atoms with Gasteiger partial charge in [-0.15, -0.1) is 0 Å². The van der Waals surface area contributed by atoms with E-state index < -0.39 is 24.4 Å². The van der Waals surface area contributed by atoms with E-state index in [0.717, 1.165) is 0 Å². The molecule has 9 nitrogen and oxygen atoms in total. The highest BCUT2D eigenvalue weighted by atomic mass is 79.9. The monoisotopic (exact) mass is 472 g/mol. The summed E-state index contributed by atoms with van der Waals surface area (Å²) in [6.45, 7) is -0.813. The Hall–Kier alpha value is -3.53. The van der Waals surface area contributed by atoms with E-state index in [1.54, 1.807) is 48.5 Å². The largest absolute Gasteiger partial charge is 0.455 e. The quantitative estimate of drug-likeness (QED) is 0.447. The van der Waals surface area contributed by atoms with Crippen molar-refractivity contribution in [1.82, 2.24) is 15.5 Å². The van der Waals surface area contributed by atoms with E-state index in [4.69, 9.17) is 4.74 Å². The van der Waals surface area contributed by atoms with Crippen LogP contribution >= 0.6 is 15.9 Å². The molecule has 154 valence electrons. The maximum absolute atomic E-state index is 12.0. The van der Waals surface area contributed by atoms with Crippen molar-refractivity contribution >= 4 is 50.2 Å². The van der Waals surface area contributed by atoms with Crippen molar-refractivity contribution in [1.29, 1.82) is 0 Å². The normalized spacial score (nSPS) is 10.4. The van der Waals surface area contributed by atoms with E-state index in [9.17, 15) is 19.2 Å². The minimum Gasteiger partial charge on any atom is -0.455 e. The average Bonchev–Trinajstić information content (AvgIpc) is 2.74. The van der Waals surface area contributed by atoms with Gasteiger partial charge in [0.25, 0.3) is 11.5 Å². The van der Waals surface area contributed by atoms with Crippen LogP contribution in [0.5, 0.6) is 0 Å². The van der Waals surface area contributed by atoms with Gasteiger partial charge in [-0.2, -0.15) is 5.10 Å². The molecule has 2 aromatic carbocycles. The molecule has 2 amide bonds. The fraction of sp³-hybridized carbons (Fsp3) is 0.150. The number of rotatable bonds is 7. The lowest BCUT2D eigenvalue weighted by Gasteiger charge is -2.09. The number of fused-ring (bicyclic) bond motifs is 1. The van der Waals surface area contributed by atoms with Gasteiger partial charge in [-0.3, -0.25) is 19.2 Å². The van der Waals surface area contributed by atoms with Gasteiger partial charge >= 0.3 is 5.97 Å². The van der Waals surface area contributed by atoms with E-state index in [0.29, 0.717) is 26.6 Å². The number of halogens is 1. The van der Waals surface area contributed by atoms with Gasteiger partial charge in [0.15, 0.2) is 6.61 Å². The molecular formula is C20H17BrN4O5. The molecule has 3 rings (SSSR count). The van der Waals surface area contributed by atoms with Gasteiger partial charge in [-0.1, -0.05) is 30.3 Å². The van der Waals surface area contributed by atoms with E-state index in [1.165, 1.54) is 0 Å². The number of anilines is 1. The molecule has 10 heteroatoms. The van der Waals surface area contributed by atoms with Crippen molar-refractivity contribution in [2.24, 2.45) is 0 Å². The predicted molar refractivity (Wildman–Crippen MR) is 113 cm³/mol. The number of ether oxygens (including phenoxy) is 1. The van der Waals surface area contributed by atoms with Crippen molar-refractivity contribution in [2.45, 2.75) is 6.42 Å². The second-order valence-corrected chi connectivity index (χ2v) is 7.04. The van der Waals surface area contributed by atoms with E-state index in [-0.39, 0.29) is 18.5 Å². The number of carbonyl (C=O) groups is 3. The summed E-state index contributed by atoms with van der Waals surface area (Å²) < 4.78 is 5.64. The summed E-state index contributed by atoms with van der Waals surface area (Å²) in [5.74, 6) is -1.73. The number of hydrogen-bond acceptors (Lipinski definition) is 6. The SMILES string of the molecule is O=C(COC(=O)Cc1n[nH]c(=O)c2ccccc12)NCC(=O)Nc1ccccc1Br. The van der Waals surface area contributed by atoms with Crippen molar-refractivity contribution in [3.63, 3.8) is 0 Å². The molecule has 0 aliphatic rings. The van der Waals surface area contributed by atoms with Gasteiger partial charge in [0.1, 0.15) is 0 Å². The minimum atomic E-state index is -0.687. The van der Waals surface area contributed by atoms with Gasteiger partial charge in [-0.05, 0) is 34.1 Å². The third kappa shape index (κ3) is 5.51. The molecule has 30 heavy (non-hydrogen) atoms. The van der Waals surface area contributed by atoms with Gasteiger partial charge in [0, 0.05) is 9.86 Å². The predicted octanol–water partition coefficient (Wildman–Crippen LogP) is 1.53. The van der Waals surface area contributed by atoms with Crippen LogP contribution in [0.15, 0.2) is 57.8 Å². The van der Waals surface area contributed by atoms with Gasteiger partial charge in [0.05, 0.1) is 29.7 Å². The summed E-state index contributed by atoms with van der Waals surface area (Å²) >= 11 is 3.31. The summed E-state index contributed by atoms with van der Waals surface area (Å²) in [6.07, 6.45) is -0.215. The van der Waals surface area contributed by atoms with Gasteiger partial charge in [0.2, 0.25) is 5.91 Å². The number of para-hydroxylation sites is 1. The Bertz CT molecular complexity index is 1160. The Morgan fingerprint density at radius 2 is 1.70 bits per heavy atom. The zero-order valence-corrected chi connectivity index (χ0v) is 17.2. The van der Waals surface area contributed by atoms with Crippen molar-refractivity contribution in [3.05, 3.63) is 69.1 Å². The molecule has 1 heterocycles. The molecule has 0 unspecified atom stereocenters. The number of aromatic nitrogens is 2. The highest BCUT2D eigenvalue weighted by Crippen LogP contribution is 2.20. The molecule has 0 saturated carbocycles. The van der Waals surface area contributed by atoms with Crippen LogP contribution < -0.4 is 16.2 Å². The molecule has 0 radical (unpaired) electrons. The molecule has 0 fully saturated rings. The maximum Gasteiger partial charge on any atom is 0.312 e. The molecule has 0 aliphatic heterocycles. The summed E-state index contributed by atoms with van der Waals surface area (Å²) in [7, 11) is 0. The van der Waals surface area contributed by atoms with Crippen molar-refractivity contribution < 1.29 is 19.1 Å². The lowest BCUT2D eigenvalue weighted by molar-refractivity contribution is -0.147. The first-order valence-electron chi connectivity index (χ1n) is 8.87. The van der Waals surface area contributed by atoms with Crippen molar-refractivity contribution in [3.8, 4) is 0 Å². The van der Waals surface area contributed by atoms with Crippen LogP contribution in [-0.2, 0) is 25.5 Å². The molecule has 0 aliphatic carbocycles. The summed E-state index contributed by atoms with van der Waals surface area (Å²) in [6, 6.07) is 13.8. The van der Waals surface area contributed by atoms with Crippen LogP contribution in [0.3, 0.4) is 0 Å². The van der Waals surface area contributed by atoms with Crippen LogP contribution in [0, 0.1) is 0 Å². The molecule has 0 bridgehead atoms. The van der Waals surface area contributed by atoms with Gasteiger partial charge in [-0.25, -0.2) is 5.10 Å². The van der Waals surface area contributed by atoms with Crippen LogP contribution in [0.4, 0.5) is 5.69 Å². The standard InChI is InChI=1S/C20H17BrN4O5/c21-14-7-3-4-8-15(14)23-17(26)10-22-18(27)11-30-19(28)9-16-12-5-1-2-6-13(12)20(29)25-24-16/h1-8H,9-11H2,(H,22,27)(H,23,26)(H,25,29). The minimum absolute atomic E-state index is 0.215. The third-order valence-corrected chi connectivity index (χ3v) is 4.74. The topological polar surface area (TPSA) is 130 Å². The van der Waals surface area contributed by atoms with E-state index in [2.05, 4.69) is 36.8 Å². The summed E-state index contributed by atoms with van der Waals surface area (Å²) in [5, 5.41) is 12.2. The zero-order chi connectivity index (χ0) is 21.5. The lowest BCUT2D eigenvalue weighted by atomic mass is 10.1. The molecule has 1 aromatic heterocycles. The van der Waals surface area contributed by atoms with Crippen LogP contribution in [-0.4, -0.2) is 41.1 Å². The van der Waals surface area contributed by atoms with E-state index in [1.807, 2.05) is 0 Å². The number of aromatic amines is 1. The molecule has 0 atom stereocenters. The Labute approximate surface area is 178 Å². The highest BCUT2D eigenvalue weighted by molar-refractivity contribution is 9.10. The van der Waals surface area contributed by atoms with Crippen molar-refractivity contribution in [2.75, 3.05) is 18.5 Å². The van der Waals surface area contributed by atoms with E-state index >= 15 is 0 Å². The average molecular weight is 473 g/mol. The van der Waals surface area contributed by atoms with Crippen LogP contribution in [0.2, 0.25) is 0 Å². The highest BCUT2D eigenvalue weighted by Gasteiger charge is 2.14. The Balaban J connectivity index is 1.46. The number of carbonyl (C=O) groups excluding carboxylic acids is 3. The fourth-order valence-electron chi connectivity index (χ4n) is 2.63. The zero-order valence-electron chi connectivity index (χ0n) is 15.6. The molecule has 0 saturated heterocycles. The first-order valence-corrected chi connectivity index (χ1v) is 9.66. The number of hydrogen-bond donors (Lipinski definition) is 3. The summed E-state index contributed by atoms with van der Waals surface area (Å²) in [5.41, 5.74) is 0.551. The first kappa shape index (κ1) is 21.2. The molecule has 0 spiro atoms. The van der Waals surface area contributed by atoms with Gasteiger partial charge < -0.3 is 15.4 Å². The molecular weight excluding hydrogens is 456 g/mol. The smallest absolute Gasteiger partial charge is 0.312 e. The molecule has 3 N–H and O–H groups in total. The van der Waals surface area contributed by atoms with Crippen LogP contribution in [0.25, 0.3) is 10.8 Å². The maximum atomic E-state index is 12.0. The fourth-order valence-corrected chi connectivity index (χ4v) is 3.01. The Morgan fingerprint density at radius 1 is 1.00 bits per heavy atom. The number of nitrogens with zero attached hydrogens (tertiary/aromatic N) is 1. The number of H-pyrrole nitrogens is 1. The molecule has 3 aromatic rings. The van der Waals surface area contributed by atoms with Crippen LogP contribution in [0.1, 0.15) is 5.69 Å². The second kappa shape index (κ2) is 9.79. The second-order valence-electron chi connectivity index (χ2n) is 6.19. The number of benzene rings is 2. The number of amides is 2. The first-order chi connectivity index (χ1) is 14.4. The Kier molecular flexibility index (Phi) is 6.91. The lowest BCUT2D eigenvalue weighted by Crippen LogP contribution is -2.35.